The summed E-state index contributed by atoms with van der Waals surface area (Å²) >= 11 is 20.9. The highest BCUT2D eigenvalue weighted by Crippen LogP contribution is 2.55. The molecule has 1 N–H and O–H groups in total. The SMILES string of the molecule is Clc1cc(Cl)c2c(c1Cl)C1C=CCC1C(c1cccs1)N2. The molecule has 1 aromatic heterocycles. The number of anilines is 1. The van der Waals surface area contributed by atoms with Crippen LogP contribution in [0.3, 0.4) is 0 Å². The Morgan fingerprint density at radius 3 is 2.81 bits per heavy atom. The summed E-state index contributed by atoms with van der Waals surface area (Å²) in [4.78, 5) is 1.33. The summed E-state index contributed by atoms with van der Waals surface area (Å²) in [6.07, 6.45) is 5.52. The van der Waals surface area contributed by atoms with Gasteiger partial charge in [-0.3, -0.25) is 0 Å². The predicted molar refractivity (Wildman–Crippen MR) is 92.1 cm³/mol. The van der Waals surface area contributed by atoms with Crippen LogP contribution in [-0.2, 0) is 0 Å². The fourth-order valence-electron chi connectivity index (χ4n) is 3.41. The highest BCUT2D eigenvalue weighted by atomic mass is 35.5. The third-order valence-electron chi connectivity index (χ3n) is 4.33. The minimum atomic E-state index is 0.271. The Labute approximate surface area is 142 Å². The molecular formula is C16H12Cl3NS. The minimum absolute atomic E-state index is 0.271. The van der Waals surface area contributed by atoms with Gasteiger partial charge in [-0.15, -0.1) is 11.3 Å². The summed E-state index contributed by atoms with van der Waals surface area (Å²) in [6, 6.07) is 6.26. The van der Waals surface area contributed by atoms with Gasteiger partial charge in [0.1, 0.15) is 0 Å². The van der Waals surface area contributed by atoms with E-state index < -0.39 is 0 Å². The van der Waals surface area contributed by atoms with E-state index in [0.29, 0.717) is 21.0 Å². The summed E-state index contributed by atoms with van der Waals surface area (Å²) in [5, 5.41) is 7.50. The number of fused-ring (bicyclic) bond motifs is 3. The molecule has 5 heteroatoms. The van der Waals surface area contributed by atoms with Crippen LogP contribution in [0.5, 0.6) is 0 Å². The quantitative estimate of drug-likeness (QED) is 0.452. The number of allylic oxidation sites excluding steroid dienone is 2. The van der Waals surface area contributed by atoms with Crippen molar-refractivity contribution in [2.45, 2.75) is 18.4 Å². The highest BCUT2D eigenvalue weighted by molar-refractivity contribution is 7.10. The average Bonchev–Trinajstić information content (AvgIpc) is 3.14. The molecule has 2 heterocycles. The zero-order valence-corrected chi connectivity index (χ0v) is 14.0. The molecule has 4 rings (SSSR count). The Balaban J connectivity index is 1.90. The summed E-state index contributed by atoms with van der Waals surface area (Å²) in [7, 11) is 0. The molecule has 0 bridgehead atoms. The van der Waals surface area contributed by atoms with Crippen LogP contribution in [0.1, 0.15) is 28.8 Å². The summed E-state index contributed by atoms with van der Waals surface area (Å²) in [5.41, 5.74) is 1.97. The molecule has 1 nitrogen and oxygen atoms in total. The van der Waals surface area contributed by atoms with Gasteiger partial charge in [-0.2, -0.15) is 0 Å². The van der Waals surface area contributed by atoms with Crippen molar-refractivity contribution in [1.82, 2.24) is 0 Å². The second kappa shape index (κ2) is 5.20. The molecule has 108 valence electrons. The van der Waals surface area contributed by atoms with E-state index in [0.717, 1.165) is 17.7 Å². The lowest BCUT2D eigenvalue weighted by Crippen LogP contribution is -2.29. The van der Waals surface area contributed by atoms with Crippen LogP contribution in [-0.4, -0.2) is 0 Å². The molecule has 3 unspecified atom stereocenters. The third-order valence-corrected chi connectivity index (χ3v) is 6.39. The van der Waals surface area contributed by atoms with Crippen LogP contribution < -0.4 is 5.32 Å². The van der Waals surface area contributed by atoms with Gasteiger partial charge in [-0.05, 0) is 29.9 Å². The molecule has 21 heavy (non-hydrogen) atoms. The highest BCUT2D eigenvalue weighted by Gasteiger charge is 2.40. The number of halogens is 3. The Kier molecular flexibility index (Phi) is 3.46. The number of hydrogen-bond donors (Lipinski definition) is 1. The maximum absolute atomic E-state index is 6.46. The Bertz CT molecular complexity index is 724. The van der Waals surface area contributed by atoms with Crippen molar-refractivity contribution in [2.24, 2.45) is 5.92 Å². The largest absolute Gasteiger partial charge is 0.376 e. The van der Waals surface area contributed by atoms with E-state index in [-0.39, 0.29) is 12.0 Å². The van der Waals surface area contributed by atoms with E-state index in [9.17, 15) is 0 Å². The van der Waals surface area contributed by atoms with E-state index >= 15 is 0 Å². The van der Waals surface area contributed by atoms with Crippen LogP contribution in [0.2, 0.25) is 15.1 Å². The fraction of sp³-hybridized carbons (Fsp3) is 0.250. The zero-order chi connectivity index (χ0) is 14.6. The third kappa shape index (κ3) is 2.12. The van der Waals surface area contributed by atoms with Gasteiger partial charge in [-0.25, -0.2) is 0 Å². The summed E-state index contributed by atoms with van der Waals surface area (Å²) in [5.74, 6) is 0.736. The molecular weight excluding hydrogens is 345 g/mol. The zero-order valence-electron chi connectivity index (χ0n) is 10.9. The molecule has 1 aliphatic heterocycles. The van der Waals surface area contributed by atoms with E-state index in [4.69, 9.17) is 34.8 Å². The maximum atomic E-state index is 6.46. The topological polar surface area (TPSA) is 12.0 Å². The number of benzene rings is 1. The van der Waals surface area contributed by atoms with Gasteiger partial charge in [0.2, 0.25) is 0 Å². The van der Waals surface area contributed by atoms with Crippen LogP contribution in [0.15, 0.2) is 35.7 Å². The summed E-state index contributed by atoms with van der Waals surface area (Å²) in [6.45, 7) is 0. The number of rotatable bonds is 1. The van der Waals surface area contributed by atoms with Crippen molar-refractivity contribution < 1.29 is 0 Å². The smallest absolute Gasteiger partial charge is 0.0656 e. The first kappa shape index (κ1) is 14.0. The molecule has 0 radical (unpaired) electrons. The molecule has 1 aromatic carbocycles. The summed E-state index contributed by atoms with van der Waals surface area (Å²) < 4.78 is 0. The molecule has 3 atom stereocenters. The van der Waals surface area contributed by atoms with E-state index in [1.165, 1.54) is 4.88 Å². The molecule has 0 fully saturated rings. The monoisotopic (exact) mass is 355 g/mol. The number of hydrogen-bond acceptors (Lipinski definition) is 2. The molecule has 2 aliphatic rings. The van der Waals surface area contributed by atoms with Gasteiger partial charge in [0.05, 0.1) is 26.8 Å². The first-order valence-electron chi connectivity index (χ1n) is 6.81. The molecule has 0 amide bonds. The van der Waals surface area contributed by atoms with Crippen molar-refractivity contribution in [3.63, 3.8) is 0 Å². The van der Waals surface area contributed by atoms with Crippen LogP contribution in [0.25, 0.3) is 0 Å². The van der Waals surface area contributed by atoms with Crippen LogP contribution in [0, 0.1) is 5.92 Å². The van der Waals surface area contributed by atoms with Crippen molar-refractivity contribution >= 4 is 51.8 Å². The lowest BCUT2D eigenvalue weighted by atomic mass is 9.79. The van der Waals surface area contributed by atoms with Gasteiger partial charge in [-0.1, -0.05) is 53.0 Å². The Hall–Kier alpha value is -0.670. The predicted octanol–water partition coefficient (Wildman–Crippen LogP) is 6.53. The second-order valence-electron chi connectivity index (χ2n) is 5.43. The molecule has 2 aromatic rings. The molecule has 0 spiro atoms. The van der Waals surface area contributed by atoms with Crippen molar-refractivity contribution in [3.05, 3.63) is 61.2 Å². The molecule has 0 saturated carbocycles. The first-order chi connectivity index (χ1) is 10.2. The molecule has 0 saturated heterocycles. The number of thiophene rings is 1. The van der Waals surface area contributed by atoms with Gasteiger partial charge >= 0.3 is 0 Å². The second-order valence-corrected chi connectivity index (χ2v) is 7.61. The Morgan fingerprint density at radius 1 is 1.19 bits per heavy atom. The fourth-order valence-corrected chi connectivity index (χ4v) is 5.07. The Morgan fingerprint density at radius 2 is 2.05 bits per heavy atom. The first-order valence-corrected chi connectivity index (χ1v) is 8.82. The van der Waals surface area contributed by atoms with E-state index in [2.05, 4.69) is 35.0 Å². The lowest BCUT2D eigenvalue weighted by molar-refractivity contribution is 0.430. The lowest BCUT2D eigenvalue weighted by Gasteiger charge is -2.37. The van der Waals surface area contributed by atoms with E-state index in [1.807, 2.05) is 0 Å². The van der Waals surface area contributed by atoms with Crippen molar-refractivity contribution in [1.29, 1.82) is 0 Å². The van der Waals surface area contributed by atoms with Gasteiger partial charge in [0, 0.05) is 16.4 Å². The van der Waals surface area contributed by atoms with Crippen molar-refractivity contribution in [3.8, 4) is 0 Å². The number of nitrogens with one attached hydrogen (secondary N) is 1. The van der Waals surface area contributed by atoms with E-state index in [1.54, 1.807) is 17.4 Å². The van der Waals surface area contributed by atoms with Gasteiger partial charge < -0.3 is 5.32 Å². The molecule has 1 aliphatic carbocycles. The van der Waals surface area contributed by atoms with Crippen LogP contribution >= 0.6 is 46.1 Å². The van der Waals surface area contributed by atoms with Crippen LogP contribution in [0.4, 0.5) is 5.69 Å². The van der Waals surface area contributed by atoms with Gasteiger partial charge in [0.25, 0.3) is 0 Å². The average molecular weight is 357 g/mol. The van der Waals surface area contributed by atoms with Crippen molar-refractivity contribution in [2.75, 3.05) is 5.32 Å². The maximum Gasteiger partial charge on any atom is 0.0656 e. The van der Waals surface area contributed by atoms with Gasteiger partial charge in [0.15, 0.2) is 0 Å². The normalized spacial score (nSPS) is 26.3. The minimum Gasteiger partial charge on any atom is -0.376 e. The standard InChI is InChI=1S/C16H12Cl3NS/c17-10-7-11(18)16-13(14(10)19)8-3-1-4-9(8)15(20-16)12-5-2-6-21-12/h1-3,5-9,15,20H,4H2.